The molecule has 0 aliphatic heterocycles. The summed E-state index contributed by atoms with van der Waals surface area (Å²) in [5.74, 6) is -1.82. The Labute approximate surface area is 93.5 Å². The third-order valence-corrected chi connectivity index (χ3v) is 1.57. The van der Waals surface area contributed by atoms with Gasteiger partial charge >= 0.3 is 5.97 Å². The number of halogens is 1. The highest BCUT2D eigenvalue weighted by atomic mass is 35.5. The molecule has 0 aromatic rings. The Morgan fingerprint density at radius 3 is 2.33 bits per heavy atom. The molecule has 0 atom stereocenters. The molecule has 0 spiro atoms. The molecule has 0 unspecified atom stereocenters. The average molecular weight is 233 g/mol. The van der Waals surface area contributed by atoms with Crippen molar-refractivity contribution < 1.29 is 19.1 Å². The summed E-state index contributed by atoms with van der Waals surface area (Å²) >= 11 is 5.55. The quantitative estimate of drug-likeness (QED) is 0.230. The molecule has 0 fully saturated rings. The highest BCUT2D eigenvalue weighted by Gasteiger charge is 2.22. The fraction of sp³-hybridized carbons (Fsp3) is 0.400. The van der Waals surface area contributed by atoms with Gasteiger partial charge in [0.05, 0.1) is 25.0 Å². The zero-order valence-corrected chi connectivity index (χ0v) is 9.47. The van der Waals surface area contributed by atoms with Crippen LogP contribution >= 0.6 is 11.6 Å². The number of Topliss-reactive ketones (excluding diaryl/α,β-unsaturated/α-hetero) is 1. The molecule has 0 aliphatic rings. The van der Waals surface area contributed by atoms with E-state index in [2.05, 4.69) is 11.3 Å². The lowest BCUT2D eigenvalue weighted by molar-refractivity contribution is -0.151. The summed E-state index contributed by atoms with van der Waals surface area (Å²) in [6, 6.07) is 0. The van der Waals surface area contributed by atoms with Crippen molar-refractivity contribution in [2.45, 2.75) is 13.8 Å². The monoisotopic (exact) mass is 232 g/mol. The van der Waals surface area contributed by atoms with Crippen LogP contribution in [0.4, 0.5) is 0 Å². The molecule has 0 aromatic heterocycles. The molecule has 0 amide bonds. The van der Waals surface area contributed by atoms with E-state index < -0.39 is 11.8 Å². The third kappa shape index (κ3) is 4.65. The van der Waals surface area contributed by atoms with Crippen LogP contribution < -0.4 is 0 Å². The predicted octanol–water partition coefficient (Wildman–Crippen LogP) is 1.79. The zero-order valence-electron chi connectivity index (χ0n) is 8.71. The maximum absolute atomic E-state index is 11.4. The van der Waals surface area contributed by atoms with Gasteiger partial charge < -0.3 is 9.47 Å². The Morgan fingerprint density at radius 1 is 1.33 bits per heavy atom. The predicted molar refractivity (Wildman–Crippen MR) is 56.3 cm³/mol. The van der Waals surface area contributed by atoms with Gasteiger partial charge in [0.15, 0.2) is 0 Å². The van der Waals surface area contributed by atoms with Gasteiger partial charge in [-0.3, -0.25) is 4.79 Å². The van der Waals surface area contributed by atoms with E-state index in [4.69, 9.17) is 16.3 Å². The van der Waals surface area contributed by atoms with Gasteiger partial charge in [0, 0.05) is 5.03 Å². The van der Waals surface area contributed by atoms with Gasteiger partial charge in [-0.2, -0.15) is 0 Å². The molecule has 84 valence electrons. The molecular formula is C10H13ClO4. The van der Waals surface area contributed by atoms with Gasteiger partial charge in [0.2, 0.25) is 0 Å². The van der Waals surface area contributed by atoms with Crippen molar-refractivity contribution in [3.8, 4) is 0 Å². The summed E-state index contributed by atoms with van der Waals surface area (Å²) in [5, 5.41) is -0.0542. The number of carbonyl (C=O) groups is 2. The van der Waals surface area contributed by atoms with Crippen molar-refractivity contribution >= 4 is 23.4 Å². The number of carbonyl (C=O) groups excluding carboxylic acids is 2. The first-order valence-electron chi connectivity index (χ1n) is 4.42. The first-order chi connectivity index (χ1) is 7.04. The Balaban J connectivity index is 4.71. The highest BCUT2D eigenvalue weighted by molar-refractivity contribution is 6.47. The molecule has 15 heavy (non-hydrogen) atoms. The highest BCUT2D eigenvalue weighted by Crippen LogP contribution is 2.14. The van der Waals surface area contributed by atoms with E-state index in [1.54, 1.807) is 13.8 Å². The van der Waals surface area contributed by atoms with Gasteiger partial charge in [-0.05, 0) is 13.8 Å². The van der Waals surface area contributed by atoms with E-state index >= 15 is 0 Å². The number of hydrogen-bond acceptors (Lipinski definition) is 4. The van der Waals surface area contributed by atoms with Crippen LogP contribution in [0.15, 0.2) is 23.4 Å². The minimum Gasteiger partial charge on any atom is -0.501 e. The van der Waals surface area contributed by atoms with Crippen LogP contribution in [-0.2, 0) is 19.1 Å². The molecule has 0 heterocycles. The molecule has 5 heteroatoms. The van der Waals surface area contributed by atoms with Gasteiger partial charge in [0.25, 0.3) is 5.78 Å². The lowest BCUT2D eigenvalue weighted by Gasteiger charge is -2.04. The lowest BCUT2D eigenvalue weighted by Crippen LogP contribution is -2.19. The summed E-state index contributed by atoms with van der Waals surface area (Å²) in [7, 11) is 0. The van der Waals surface area contributed by atoms with Gasteiger partial charge in [-0.15, -0.1) is 0 Å². The Morgan fingerprint density at radius 2 is 1.93 bits per heavy atom. The summed E-state index contributed by atoms with van der Waals surface area (Å²) in [6.07, 6.45) is 1.11. The number of esters is 1. The van der Waals surface area contributed by atoms with E-state index in [-0.39, 0.29) is 17.2 Å². The minimum atomic E-state index is -0.967. The molecule has 0 rings (SSSR count). The number of ether oxygens (including phenoxy) is 2. The first kappa shape index (κ1) is 13.7. The fourth-order valence-corrected chi connectivity index (χ4v) is 0.844. The summed E-state index contributed by atoms with van der Waals surface area (Å²) in [6.45, 7) is 7.19. The van der Waals surface area contributed by atoms with Gasteiger partial charge in [-0.1, -0.05) is 18.2 Å². The van der Waals surface area contributed by atoms with Crippen molar-refractivity contribution in [2.75, 3.05) is 13.2 Å². The average Bonchev–Trinajstić information content (AvgIpc) is 2.18. The Kier molecular flexibility index (Phi) is 6.45. The van der Waals surface area contributed by atoms with Crippen molar-refractivity contribution in [2.24, 2.45) is 0 Å². The van der Waals surface area contributed by atoms with Crippen molar-refractivity contribution in [3.05, 3.63) is 23.4 Å². The second-order valence-electron chi connectivity index (χ2n) is 2.44. The number of allylic oxidation sites excluding steroid dienone is 1. The lowest BCUT2D eigenvalue weighted by atomic mass is 10.2. The van der Waals surface area contributed by atoms with Crippen LogP contribution in [0.1, 0.15) is 13.8 Å². The van der Waals surface area contributed by atoms with E-state index in [1.165, 1.54) is 0 Å². The van der Waals surface area contributed by atoms with Crippen molar-refractivity contribution in [3.63, 3.8) is 0 Å². The topological polar surface area (TPSA) is 52.6 Å². The van der Waals surface area contributed by atoms with Crippen LogP contribution in [0, 0.1) is 0 Å². The van der Waals surface area contributed by atoms with Gasteiger partial charge in [-0.25, -0.2) is 4.79 Å². The SMILES string of the molecule is C=C(Cl)/C(=C/OCC)C(=O)C(=O)OCC. The summed E-state index contributed by atoms with van der Waals surface area (Å²) < 4.78 is 9.40. The summed E-state index contributed by atoms with van der Waals surface area (Å²) in [5.41, 5.74) is -0.0861. The second kappa shape index (κ2) is 7.06. The molecule has 0 aliphatic carbocycles. The minimum absolute atomic E-state index is 0.0542. The molecule has 4 nitrogen and oxygen atoms in total. The van der Waals surface area contributed by atoms with Crippen LogP contribution in [0.5, 0.6) is 0 Å². The number of rotatable bonds is 6. The molecule has 0 radical (unpaired) electrons. The van der Waals surface area contributed by atoms with Crippen LogP contribution in [0.3, 0.4) is 0 Å². The standard InChI is InChI=1S/C10H13ClO4/c1-4-14-6-8(7(3)11)9(12)10(13)15-5-2/h6H,3-5H2,1-2H3/b8-6-. The van der Waals surface area contributed by atoms with E-state index in [0.29, 0.717) is 6.61 Å². The van der Waals surface area contributed by atoms with Crippen molar-refractivity contribution in [1.82, 2.24) is 0 Å². The molecule has 0 saturated carbocycles. The number of ketones is 1. The second-order valence-corrected chi connectivity index (χ2v) is 2.90. The maximum Gasteiger partial charge on any atom is 0.379 e. The van der Waals surface area contributed by atoms with Crippen LogP contribution in [0.2, 0.25) is 0 Å². The zero-order chi connectivity index (χ0) is 11.8. The fourth-order valence-electron chi connectivity index (χ4n) is 0.714. The summed E-state index contributed by atoms with van der Waals surface area (Å²) in [4.78, 5) is 22.5. The van der Waals surface area contributed by atoms with Crippen molar-refractivity contribution in [1.29, 1.82) is 0 Å². The van der Waals surface area contributed by atoms with E-state index in [9.17, 15) is 9.59 Å². The molecule has 0 saturated heterocycles. The van der Waals surface area contributed by atoms with Crippen LogP contribution in [0.25, 0.3) is 0 Å². The normalized spacial score (nSPS) is 10.7. The smallest absolute Gasteiger partial charge is 0.379 e. The maximum atomic E-state index is 11.4. The molecule has 0 aromatic carbocycles. The largest absolute Gasteiger partial charge is 0.501 e. The Hall–Kier alpha value is -1.29. The van der Waals surface area contributed by atoms with E-state index in [0.717, 1.165) is 6.26 Å². The molecule has 0 bridgehead atoms. The Bertz CT molecular complexity index is 294. The van der Waals surface area contributed by atoms with E-state index in [1.807, 2.05) is 0 Å². The first-order valence-corrected chi connectivity index (χ1v) is 4.80. The third-order valence-electron chi connectivity index (χ3n) is 1.37. The molecule has 0 N–H and O–H groups in total. The van der Waals surface area contributed by atoms with Crippen LogP contribution in [-0.4, -0.2) is 25.0 Å². The van der Waals surface area contributed by atoms with Gasteiger partial charge in [0.1, 0.15) is 0 Å². The molecular weight excluding hydrogens is 220 g/mol. The number of hydrogen-bond donors (Lipinski definition) is 0.